The standard InChI is InChI=1S/C14H16N2O/c1-10-3-5-11(6-4-10)16-12-7-8-13(15)14(9-12)17-2/h3-9,16H,15H2,1-2H3. The zero-order valence-electron chi connectivity index (χ0n) is 10.0. The van der Waals surface area contributed by atoms with E-state index in [1.807, 2.05) is 30.3 Å². The molecular weight excluding hydrogens is 212 g/mol. The summed E-state index contributed by atoms with van der Waals surface area (Å²) in [5.41, 5.74) is 9.64. The van der Waals surface area contributed by atoms with Crippen molar-refractivity contribution in [1.29, 1.82) is 0 Å². The van der Waals surface area contributed by atoms with Crippen LogP contribution in [0.15, 0.2) is 42.5 Å². The van der Waals surface area contributed by atoms with Crippen molar-refractivity contribution < 1.29 is 4.74 Å². The smallest absolute Gasteiger partial charge is 0.143 e. The van der Waals surface area contributed by atoms with Crippen molar-refractivity contribution in [2.75, 3.05) is 18.2 Å². The number of benzene rings is 2. The lowest BCUT2D eigenvalue weighted by molar-refractivity contribution is 0.417. The topological polar surface area (TPSA) is 47.3 Å². The average Bonchev–Trinajstić information content (AvgIpc) is 2.34. The molecule has 0 spiro atoms. The molecule has 0 saturated carbocycles. The predicted octanol–water partition coefficient (Wildman–Crippen LogP) is 3.33. The maximum atomic E-state index is 5.76. The second-order valence-electron chi connectivity index (χ2n) is 3.95. The number of hydrogen-bond acceptors (Lipinski definition) is 3. The summed E-state index contributed by atoms with van der Waals surface area (Å²) in [5.74, 6) is 0.683. The Balaban J connectivity index is 2.21. The molecule has 17 heavy (non-hydrogen) atoms. The van der Waals surface area contributed by atoms with E-state index in [0.29, 0.717) is 11.4 Å². The summed E-state index contributed by atoms with van der Waals surface area (Å²) in [6.45, 7) is 2.07. The molecule has 3 nitrogen and oxygen atoms in total. The number of hydrogen-bond donors (Lipinski definition) is 2. The zero-order chi connectivity index (χ0) is 12.3. The third-order valence-corrected chi connectivity index (χ3v) is 2.57. The van der Waals surface area contributed by atoms with Crippen molar-refractivity contribution in [3.63, 3.8) is 0 Å². The van der Waals surface area contributed by atoms with Crippen molar-refractivity contribution in [2.45, 2.75) is 6.92 Å². The van der Waals surface area contributed by atoms with E-state index >= 15 is 0 Å². The third-order valence-electron chi connectivity index (χ3n) is 2.57. The van der Waals surface area contributed by atoms with Gasteiger partial charge >= 0.3 is 0 Å². The van der Waals surface area contributed by atoms with E-state index in [2.05, 4.69) is 24.4 Å². The summed E-state index contributed by atoms with van der Waals surface area (Å²) >= 11 is 0. The molecule has 0 saturated heterocycles. The second-order valence-corrected chi connectivity index (χ2v) is 3.95. The first-order chi connectivity index (χ1) is 8.19. The molecule has 0 aliphatic rings. The summed E-state index contributed by atoms with van der Waals surface area (Å²) in [6, 6.07) is 13.9. The van der Waals surface area contributed by atoms with E-state index in [4.69, 9.17) is 10.5 Å². The van der Waals surface area contributed by atoms with Gasteiger partial charge in [-0.05, 0) is 31.2 Å². The van der Waals surface area contributed by atoms with Gasteiger partial charge in [-0.1, -0.05) is 17.7 Å². The lowest BCUT2D eigenvalue weighted by Gasteiger charge is -2.10. The number of methoxy groups -OCH3 is 1. The Hall–Kier alpha value is -2.16. The summed E-state index contributed by atoms with van der Waals surface area (Å²) in [5, 5.41) is 3.30. The van der Waals surface area contributed by atoms with Crippen LogP contribution in [0.25, 0.3) is 0 Å². The SMILES string of the molecule is COc1cc(Nc2ccc(C)cc2)ccc1N. The molecule has 0 fully saturated rings. The number of nitrogen functional groups attached to an aromatic ring is 1. The first kappa shape index (κ1) is 11.3. The van der Waals surface area contributed by atoms with Gasteiger partial charge < -0.3 is 15.8 Å². The molecule has 0 aliphatic heterocycles. The highest BCUT2D eigenvalue weighted by Crippen LogP contribution is 2.27. The molecule has 0 amide bonds. The normalized spacial score (nSPS) is 10.0. The fourth-order valence-electron chi connectivity index (χ4n) is 1.59. The lowest BCUT2D eigenvalue weighted by Crippen LogP contribution is -1.95. The van der Waals surface area contributed by atoms with Crippen molar-refractivity contribution in [3.8, 4) is 5.75 Å². The van der Waals surface area contributed by atoms with Crippen molar-refractivity contribution in [1.82, 2.24) is 0 Å². The van der Waals surface area contributed by atoms with Gasteiger partial charge in [0.05, 0.1) is 12.8 Å². The van der Waals surface area contributed by atoms with Crippen LogP contribution < -0.4 is 15.8 Å². The first-order valence-electron chi connectivity index (χ1n) is 5.46. The van der Waals surface area contributed by atoms with Crippen LogP contribution in [0.1, 0.15) is 5.56 Å². The summed E-state index contributed by atoms with van der Waals surface area (Å²) in [6.07, 6.45) is 0. The minimum absolute atomic E-state index is 0.641. The van der Waals surface area contributed by atoms with Crippen LogP contribution in [0.3, 0.4) is 0 Å². The first-order valence-corrected chi connectivity index (χ1v) is 5.46. The van der Waals surface area contributed by atoms with Crippen LogP contribution >= 0.6 is 0 Å². The van der Waals surface area contributed by atoms with Gasteiger partial charge in [0.1, 0.15) is 5.75 Å². The molecule has 0 radical (unpaired) electrons. The van der Waals surface area contributed by atoms with Gasteiger partial charge in [0, 0.05) is 17.4 Å². The summed E-state index contributed by atoms with van der Waals surface area (Å²) in [7, 11) is 1.61. The van der Waals surface area contributed by atoms with Gasteiger partial charge in [-0.25, -0.2) is 0 Å². The van der Waals surface area contributed by atoms with E-state index in [0.717, 1.165) is 11.4 Å². The average molecular weight is 228 g/mol. The summed E-state index contributed by atoms with van der Waals surface area (Å²) < 4.78 is 5.18. The monoisotopic (exact) mass is 228 g/mol. The zero-order valence-corrected chi connectivity index (χ0v) is 10.0. The molecule has 2 rings (SSSR count). The number of nitrogens with two attached hydrogens (primary N) is 1. The minimum Gasteiger partial charge on any atom is -0.495 e. The van der Waals surface area contributed by atoms with Crippen LogP contribution in [0.4, 0.5) is 17.1 Å². The molecule has 0 bridgehead atoms. The highest BCUT2D eigenvalue weighted by molar-refractivity contribution is 5.66. The van der Waals surface area contributed by atoms with E-state index in [1.165, 1.54) is 5.56 Å². The minimum atomic E-state index is 0.641. The Kier molecular flexibility index (Phi) is 3.19. The van der Waals surface area contributed by atoms with E-state index in [1.54, 1.807) is 7.11 Å². The molecule has 0 unspecified atom stereocenters. The maximum Gasteiger partial charge on any atom is 0.143 e. The Bertz CT molecular complexity index is 506. The Labute approximate surface area is 101 Å². The van der Waals surface area contributed by atoms with E-state index in [-0.39, 0.29) is 0 Å². The molecule has 2 aromatic carbocycles. The molecule has 0 aliphatic carbocycles. The molecule has 0 heterocycles. The Morgan fingerprint density at radius 3 is 2.29 bits per heavy atom. The van der Waals surface area contributed by atoms with Crippen molar-refractivity contribution >= 4 is 17.1 Å². The van der Waals surface area contributed by atoms with Crippen LogP contribution in [0.5, 0.6) is 5.75 Å². The van der Waals surface area contributed by atoms with Crippen LogP contribution in [-0.2, 0) is 0 Å². The molecule has 0 atom stereocenters. The molecule has 2 aromatic rings. The van der Waals surface area contributed by atoms with Gasteiger partial charge in [0.15, 0.2) is 0 Å². The lowest BCUT2D eigenvalue weighted by atomic mass is 10.2. The number of ether oxygens (including phenoxy) is 1. The Morgan fingerprint density at radius 2 is 1.65 bits per heavy atom. The molecule has 88 valence electrons. The van der Waals surface area contributed by atoms with Crippen molar-refractivity contribution in [3.05, 3.63) is 48.0 Å². The maximum absolute atomic E-state index is 5.76. The van der Waals surface area contributed by atoms with E-state index < -0.39 is 0 Å². The van der Waals surface area contributed by atoms with Crippen LogP contribution in [0.2, 0.25) is 0 Å². The number of nitrogens with one attached hydrogen (secondary N) is 1. The molecule has 0 aromatic heterocycles. The number of anilines is 3. The fraction of sp³-hybridized carbons (Fsp3) is 0.143. The van der Waals surface area contributed by atoms with Gasteiger partial charge in [-0.15, -0.1) is 0 Å². The summed E-state index contributed by atoms with van der Waals surface area (Å²) in [4.78, 5) is 0. The molecule has 3 N–H and O–H groups in total. The predicted molar refractivity (Wildman–Crippen MR) is 71.9 cm³/mol. The van der Waals surface area contributed by atoms with Crippen LogP contribution in [-0.4, -0.2) is 7.11 Å². The second kappa shape index (κ2) is 4.78. The largest absolute Gasteiger partial charge is 0.495 e. The van der Waals surface area contributed by atoms with Crippen molar-refractivity contribution in [2.24, 2.45) is 0 Å². The highest BCUT2D eigenvalue weighted by atomic mass is 16.5. The molecule has 3 heteroatoms. The van der Waals surface area contributed by atoms with E-state index in [9.17, 15) is 0 Å². The van der Waals surface area contributed by atoms with Gasteiger partial charge in [-0.3, -0.25) is 0 Å². The van der Waals surface area contributed by atoms with Gasteiger partial charge in [0.25, 0.3) is 0 Å². The highest BCUT2D eigenvalue weighted by Gasteiger charge is 2.01. The van der Waals surface area contributed by atoms with Crippen LogP contribution in [0, 0.1) is 6.92 Å². The van der Waals surface area contributed by atoms with Gasteiger partial charge in [-0.2, -0.15) is 0 Å². The fourth-order valence-corrected chi connectivity index (χ4v) is 1.59. The third kappa shape index (κ3) is 2.69. The van der Waals surface area contributed by atoms with Gasteiger partial charge in [0.2, 0.25) is 0 Å². The molecular formula is C14H16N2O. The number of aryl methyl sites for hydroxylation is 1. The quantitative estimate of drug-likeness (QED) is 0.792. The Morgan fingerprint density at radius 1 is 1.00 bits per heavy atom. The number of rotatable bonds is 3.